The second kappa shape index (κ2) is 7.25. The maximum absolute atomic E-state index is 13.7. The number of carbonyl (C=O) groups excluding carboxylic acids is 3. The lowest BCUT2D eigenvalue weighted by Gasteiger charge is -2.30. The van der Waals surface area contributed by atoms with E-state index in [2.05, 4.69) is 10.6 Å². The van der Waals surface area contributed by atoms with E-state index >= 15 is 0 Å². The van der Waals surface area contributed by atoms with Crippen molar-refractivity contribution in [2.45, 2.75) is 36.9 Å². The fourth-order valence-corrected chi connectivity index (χ4v) is 6.03. The van der Waals surface area contributed by atoms with Gasteiger partial charge in [-0.2, -0.15) is 0 Å². The number of ether oxygens (including phenoxy) is 1. The molecule has 5 atom stereocenters. The molecule has 2 aromatic rings. The van der Waals surface area contributed by atoms with E-state index in [1.165, 1.54) is 4.90 Å². The first kappa shape index (κ1) is 19.6. The number of hydrogen-bond donors (Lipinski definition) is 2. The molecule has 0 unspecified atom stereocenters. The number of rotatable bonds is 4. The highest BCUT2D eigenvalue weighted by molar-refractivity contribution is 6.15. The molecular weight excluding hydrogens is 406 g/mol. The number of carbonyl (C=O) groups is 3. The van der Waals surface area contributed by atoms with Crippen LogP contribution in [-0.2, 0) is 31.1 Å². The minimum absolute atomic E-state index is 0.122. The molecule has 4 aliphatic rings. The van der Waals surface area contributed by atoms with Crippen LogP contribution in [0.25, 0.3) is 0 Å². The van der Waals surface area contributed by atoms with Crippen molar-refractivity contribution in [2.24, 2.45) is 11.8 Å². The fraction of sp³-hybridized carbons (Fsp3) is 0.400. The summed E-state index contributed by atoms with van der Waals surface area (Å²) < 4.78 is 5.71. The van der Waals surface area contributed by atoms with Crippen molar-refractivity contribution in [3.63, 3.8) is 0 Å². The van der Waals surface area contributed by atoms with Crippen molar-refractivity contribution in [3.05, 3.63) is 65.7 Å². The quantitative estimate of drug-likeness (QED) is 0.722. The molecule has 4 heterocycles. The Morgan fingerprint density at radius 1 is 1.00 bits per heavy atom. The lowest BCUT2D eigenvalue weighted by molar-refractivity contribution is -0.144. The average molecular weight is 431 g/mol. The predicted molar refractivity (Wildman–Crippen MR) is 116 cm³/mol. The molecule has 7 nitrogen and oxygen atoms in total. The van der Waals surface area contributed by atoms with Crippen LogP contribution in [0.5, 0.6) is 0 Å². The van der Waals surface area contributed by atoms with Gasteiger partial charge in [-0.05, 0) is 30.9 Å². The van der Waals surface area contributed by atoms with Crippen molar-refractivity contribution in [3.8, 4) is 0 Å². The van der Waals surface area contributed by atoms with Gasteiger partial charge >= 0.3 is 0 Å². The van der Waals surface area contributed by atoms with Crippen LogP contribution in [0.2, 0.25) is 0 Å². The van der Waals surface area contributed by atoms with E-state index in [0.717, 1.165) is 24.0 Å². The van der Waals surface area contributed by atoms with Crippen molar-refractivity contribution in [1.29, 1.82) is 0 Å². The van der Waals surface area contributed by atoms with E-state index in [-0.39, 0.29) is 36.4 Å². The Morgan fingerprint density at radius 2 is 1.78 bits per heavy atom. The summed E-state index contributed by atoms with van der Waals surface area (Å²) >= 11 is 0. The van der Waals surface area contributed by atoms with E-state index in [4.69, 9.17) is 4.74 Å². The first-order valence-electron chi connectivity index (χ1n) is 11.3. The highest BCUT2D eigenvalue weighted by atomic mass is 16.5. The number of nitrogens with zero attached hydrogens (tertiary/aromatic N) is 1. The Morgan fingerprint density at radius 3 is 2.56 bits per heavy atom. The zero-order chi connectivity index (χ0) is 21.9. The maximum atomic E-state index is 13.7. The molecule has 0 bridgehead atoms. The summed E-state index contributed by atoms with van der Waals surface area (Å²) in [6.07, 6.45) is 2.22. The lowest BCUT2D eigenvalue weighted by Crippen LogP contribution is -2.54. The van der Waals surface area contributed by atoms with Crippen LogP contribution >= 0.6 is 0 Å². The molecule has 3 amide bonds. The van der Waals surface area contributed by atoms with Gasteiger partial charge in [-0.25, -0.2) is 0 Å². The van der Waals surface area contributed by atoms with Crippen LogP contribution in [0.3, 0.4) is 0 Å². The topological polar surface area (TPSA) is 87.7 Å². The largest absolute Gasteiger partial charge is 0.376 e. The minimum Gasteiger partial charge on any atom is -0.376 e. The standard InChI is InChI=1S/C25H25N3O4/c29-22-20-19(13-15-7-2-1-3-8-15)27-25(17-10-4-5-11-18(17)26-24(25)31)21(20)23(30)28(22)14-16-9-6-12-32-16/h1-5,7-8,10-11,16,19-21,27H,6,9,12-14H2,(H,26,31)/t16-,19-,20-,21+,25+/m0/s1. The molecule has 0 aromatic heterocycles. The van der Waals surface area contributed by atoms with E-state index in [1.54, 1.807) is 0 Å². The zero-order valence-electron chi connectivity index (χ0n) is 17.6. The van der Waals surface area contributed by atoms with Gasteiger partial charge in [0.25, 0.3) is 0 Å². The molecule has 7 heteroatoms. The van der Waals surface area contributed by atoms with Crippen LogP contribution in [0.1, 0.15) is 24.0 Å². The third-order valence-electron chi connectivity index (χ3n) is 7.42. The first-order chi connectivity index (χ1) is 15.6. The van der Waals surface area contributed by atoms with Gasteiger partial charge in [-0.15, -0.1) is 0 Å². The van der Waals surface area contributed by atoms with Gasteiger partial charge in [0.2, 0.25) is 17.7 Å². The number of hydrogen-bond acceptors (Lipinski definition) is 5. The Kier molecular flexibility index (Phi) is 4.45. The summed E-state index contributed by atoms with van der Waals surface area (Å²) in [4.78, 5) is 42.1. The molecule has 3 fully saturated rings. The van der Waals surface area contributed by atoms with E-state index in [1.807, 2.05) is 54.6 Å². The molecule has 4 aliphatic heterocycles. The van der Waals surface area contributed by atoms with Crippen LogP contribution in [0, 0.1) is 11.8 Å². The van der Waals surface area contributed by atoms with Gasteiger partial charge in [-0.1, -0.05) is 48.5 Å². The van der Waals surface area contributed by atoms with Crippen LogP contribution in [0.4, 0.5) is 5.69 Å². The molecule has 0 aliphatic carbocycles. The number of para-hydroxylation sites is 1. The summed E-state index contributed by atoms with van der Waals surface area (Å²) in [5.41, 5.74) is 1.27. The molecule has 2 aromatic carbocycles. The van der Waals surface area contributed by atoms with Gasteiger partial charge in [0, 0.05) is 23.9 Å². The lowest BCUT2D eigenvalue weighted by atomic mass is 9.76. The summed E-state index contributed by atoms with van der Waals surface area (Å²) in [7, 11) is 0. The van der Waals surface area contributed by atoms with Gasteiger partial charge in [-0.3, -0.25) is 24.6 Å². The Balaban J connectivity index is 1.43. The molecule has 164 valence electrons. The third kappa shape index (κ3) is 2.71. The minimum atomic E-state index is -1.24. The Labute approximate surface area is 186 Å². The molecule has 32 heavy (non-hydrogen) atoms. The highest BCUT2D eigenvalue weighted by Gasteiger charge is 2.70. The smallest absolute Gasteiger partial charge is 0.250 e. The molecule has 6 rings (SSSR count). The predicted octanol–water partition coefficient (Wildman–Crippen LogP) is 1.83. The van der Waals surface area contributed by atoms with Gasteiger partial charge in [0.15, 0.2) is 0 Å². The van der Waals surface area contributed by atoms with Crippen LogP contribution in [-0.4, -0.2) is 47.9 Å². The number of anilines is 1. The number of fused-ring (bicyclic) bond motifs is 4. The van der Waals surface area contributed by atoms with Crippen molar-refractivity contribution in [2.75, 3.05) is 18.5 Å². The number of nitrogens with one attached hydrogen (secondary N) is 2. The first-order valence-corrected chi connectivity index (χ1v) is 11.3. The van der Waals surface area contributed by atoms with Crippen LogP contribution in [0.15, 0.2) is 54.6 Å². The zero-order valence-corrected chi connectivity index (χ0v) is 17.6. The second-order valence-corrected chi connectivity index (χ2v) is 9.17. The molecule has 1 spiro atoms. The highest BCUT2D eigenvalue weighted by Crippen LogP contribution is 2.53. The van der Waals surface area contributed by atoms with Gasteiger partial charge < -0.3 is 10.1 Å². The summed E-state index contributed by atoms with van der Waals surface area (Å²) in [5.74, 6) is -2.09. The molecular formula is C25H25N3O4. The normalized spacial score (nSPS) is 33.1. The molecule has 3 saturated heterocycles. The molecule has 0 radical (unpaired) electrons. The average Bonchev–Trinajstić information content (AvgIpc) is 3.54. The van der Waals surface area contributed by atoms with Gasteiger partial charge in [0.05, 0.1) is 24.5 Å². The van der Waals surface area contributed by atoms with E-state index in [9.17, 15) is 14.4 Å². The maximum Gasteiger partial charge on any atom is 0.250 e. The van der Waals surface area contributed by atoms with Gasteiger partial charge in [0.1, 0.15) is 5.54 Å². The summed E-state index contributed by atoms with van der Waals surface area (Å²) in [6, 6.07) is 17.0. The summed E-state index contributed by atoms with van der Waals surface area (Å²) in [6.45, 7) is 0.924. The number of imide groups is 1. The monoisotopic (exact) mass is 431 g/mol. The van der Waals surface area contributed by atoms with Crippen molar-refractivity contribution < 1.29 is 19.1 Å². The number of benzene rings is 2. The summed E-state index contributed by atoms with van der Waals surface area (Å²) in [5, 5.41) is 6.43. The Hall–Kier alpha value is -3.03. The molecule has 0 saturated carbocycles. The molecule has 2 N–H and O–H groups in total. The van der Waals surface area contributed by atoms with Crippen molar-refractivity contribution in [1.82, 2.24) is 10.2 Å². The number of likely N-dealkylation sites (tertiary alicyclic amines) is 1. The van der Waals surface area contributed by atoms with Crippen LogP contribution < -0.4 is 10.6 Å². The Bertz CT molecular complexity index is 1100. The third-order valence-corrected chi connectivity index (χ3v) is 7.42. The number of amides is 3. The second-order valence-electron chi connectivity index (χ2n) is 9.17. The van der Waals surface area contributed by atoms with Crippen molar-refractivity contribution >= 4 is 23.4 Å². The van der Waals surface area contributed by atoms with E-state index in [0.29, 0.717) is 18.7 Å². The van der Waals surface area contributed by atoms with E-state index < -0.39 is 17.4 Å². The SMILES string of the molecule is O=C1[C@H]2[C@H](Cc3ccccc3)N[C@@]3(C(=O)Nc4ccccc43)[C@H]2C(=O)N1C[C@@H]1CCCO1. The fourth-order valence-electron chi connectivity index (χ4n) is 6.03.